The summed E-state index contributed by atoms with van der Waals surface area (Å²) in [7, 11) is 0. The Kier molecular flexibility index (Phi) is 10.2. The van der Waals surface area contributed by atoms with Gasteiger partial charge in [0.2, 0.25) is 0 Å². The minimum absolute atomic E-state index is 0.0384. The average Bonchev–Trinajstić information content (AvgIpc) is 2.63. The van der Waals surface area contributed by atoms with Crippen LogP contribution in [0, 0.1) is 0 Å². The number of hydrogen-bond acceptors (Lipinski definition) is 3. The van der Waals surface area contributed by atoms with Gasteiger partial charge in [-0.15, -0.1) is 11.8 Å². The molecule has 0 spiro atoms. The normalized spacial score (nSPS) is 18.3. The van der Waals surface area contributed by atoms with Gasteiger partial charge in [-0.3, -0.25) is 4.79 Å². The molecule has 0 saturated heterocycles. The van der Waals surface area contributed by atoms with Crippen molar-refractivity contribution >= 4 is 35.0 Å². The molecule has 0 radical (unpaired) electrons. The molecule has 5 heteroatoms. The highest BCUT2D eigenvalue weighted by molar-refractivity contribution is 8.00. The second kappa shape index (κ2) is 12.4. The molecule has 0 bridgehead atoms. The number of nitrogens with zero attached hydrogens (tertiary/aromatic N) is 1. The van der Waals surface area contributed by atoms with Gasteiger partial charge in [-0.05, 0) is 56.9 Å². The number of rotatable bonds is 4. The van der Waals surface area contributed by atoms with Crippen LogP contribution in [0.2, 0.25) is 5.02 Å². The van der Waals surface area contributed by atoms with Gasteiger partial charge < -0.3 is 0 Å². The Morgan fingerprint density at radius 2 is 1.46 bits per heavy atom. The molecule has 1 saturated carbocycles. The van der Waals surface area contributed by atoms with Crippen LogP contribution in [0.4, 0.5) is 0 Å². The van der Waals surface area contributed by atoms with E-state index in [9.17, 15) is 4.79 Å². The van der Waals surface area contributed by atoms with E-state index in [0.29, 0.717) is 5.02 Å². The van der Waals surface area contributed by atoms with Crippen LogP contribution in [0.15, 0.2) is 34.3 Å². The lowest BCUT2D eigenvalue weighted by Gasteiger charge is -2.12. The highest BCUT2D eigenvalue weighted by Gasteiger charge is 2.14. The van der Waals surface area contributed by atoms with E-state index in [4.69, 9.17) is 11.6 Å². The number of benzene rings is 1. The summed E-state index contributed by atoms with van der Waals surface area (Å²) in [5, 5.41) is 4.99. The van der Waals surface area contributed by atoms with E-state index in [2.05, 4.69) is 10.5 Å². The molecule has 0 unspecified atom stereocenters. The predicted molar refractivity (Wildman–Crippen MR) is 113 cm³/mol. The standard InChI is InChI=1S/C21H31ClN2OS/c1-17(26-20-15-13-18(22)14-16-20)21(25)24-23-19-11-9-7-5-3-2-4-6-8-10-12-19/h13-17H,2-12H2,1H3,(H,24,25)/t17-/m0/s1. The molecule has 2 rings (SSSR count). The van der Waals surface area contributed by atoms with Crippen LogP contribution >= 0.6 is 23.4 Å². The van der Waals surface area contributed by atoms with E-state index in [1.807, 2.05) is 31.2 Å². The summed E-state index contributed by atoms with van der Waals surface area (Å²) in [4.78, 5) is 13.4. The van der Waals surface area contributed by atoms with Gasteiger partial charge in [0.15, 0.2) is 0 Å². The third-order valence-corrected chi connectivity index (χ3v) is 6.11. The molecule has 1 aromatic carbocycles. The first-order valence-corrected chi connectivity index (χ1v) is 11.2. The molecule has 26 heavy (non-hydrogen) atoms. The molecule has 1 amide bonds. The summed E-state index contributed by atoms with van der Waals surface area (Å²) >= 11 is 7.43. The predicted octanol–water partition coefficient (Wildman–Crippen LogP) is 6.60. The third kappa shape index (κ3) is 8.59. The first-order valence-electron chi connectivity index (χ1n) is 9.92. The van der Waals surface area contributed by atoms with Gasteiger partial charge in [0.05, 0.1) is 5.25 Å². The summed E-state index contributed by atoms with van der Waals surface area (Å²) in [6.07, 6.45) is 13.7. The van der Waals surface area contributed by atoms with Crippen molar-refractivity contribution in [1.82, 2.24) is 5.43 Å². The topological polar surface area (TPSA) is 41.5 Å². The van der Waals surface area contributed by atoms with Crippen molar-refractivity contribution in [2.24, 2.45) is 5.10 Å². The maximum absolute atomic E-state index is 12.4. The Labute approximate surface area is 167 Å². The number of halogens is 1. The van der Waals surface area contributed by atoms with Crippen molar-refractivity contribution in [3.63, 3.8) is 0 Å². The molecule has 1 N–H and O–H groups in total. The van der Waals surface area contributed by atoms with Crippen LogP contribution in [0.5, 0.6) is 0 Å². The Morgan fingerprint density at radius 1 is 0.962 bits per heavy atom. The number of amides is 1. The van der Waals surface area contributed by atoms with Crippen molar-refractivity contribution in [1.29, 1.82) is 0 Å². The SMILES string of the molecule is C[C@H](Sc1ccc(Cl)cc1)C(=O)NN=C1CCCCCCCCCCC1. The molecule has 1 aromatic rings. The van der Waals surface area contributed by atoms with Gasteiger partial charge in [-0.1, -0.05) is 56.5 Å². The fourth-order valence-corrected chi connectivity index (χ4v) is 4.12. The van der Waals surface area contributed by atoms with E-state index in [-0.39, 0.29) is 11.2 Å². The maximum Gasteiger partial charge on any atom is 0.253 e. The number of carbonyl (C=O) groups is 1. The third-order valence-electron chi connectivity index (χ3n) is 4.75. The highest BCUT2D eigenvalue weighted by Crippen LogP contribution is 2.24. The Balaban J connectivity index is 1.83. The van der Waals surface area contributed by atoms with E-state index >= 15 is 0 Å². The Bertz CT molecular complexity index is 560. The summed E-state index contributed by atoms with van der Waals surface area (Å²) in [5.74, 6) is -0.0384. The van der Waals surface area contributed by atoms with Crippen molar-refractivity contribution in [2.45, 2.75) is 87.7 Å². The second-order valence-corrected chi connectivity index (χ2v) is 8.90. The minimum atomic E-state index is -0.188. The van der Waals surface area contributed by atoms with E-state index in [1.54, 1.807) is 0 Å². The van der Waals surface area contributed by atoms with Crippen LogP contribution in [-0.2, 0) is 4.79 Å². The van der Waals surface area contributed by atoms with E-state index in [0.717, 1.165) is 23.4 Å². The number of carbonyl (C=O) groups excluding carboxylic acids is 1. The van der Waals surface area contributed by atoms with Crippen LogP contribution < -0.4 is 5.43 Å². The van der Waals surface area contributed by atoms with Gasteiger partial charge >= 0.3 is 0 Å². The molecule has 1 atom stereocenters. The molecular formula is C21H31ClN2OS. The number of nitrogens with one attached hydrogen (secondary N) is 1. The lowest BCUT2D eigenvalue weighted by molar-refractivity contribution is -0.120. The van der Waals surface area contributed by atoms with Crippen LogP contribution in [0.1, 0.15) is 77.6 Å². The summed E-state index contributed by atoms with van der Waals surface area (Å²) in [5.41, 5.74) is 3.95. The molecule has 1 aliphatic rings. The van der Waals surface area contributed by atoms with Crippen molar-refractivity contribution in [2.75, 3.05) is 0 Å². The van der Waals surface area contributed by atoms with Crippen molar-refractivity contribution < 1.29 is 4.79 Å². The van der Waals surface area contributed by atoms with Gasteiger partial charge in [-0.2, -0.15) is 5.10 Å². The second-order valence-electron chi connectivity index (χ2n) is 7.05. The monoisotopic (exact) mass is 394 g/mol. The Hall–Kier alpha value is -1.00. The summed E-state index contributed by atoms with van der Waals surface area (Å²) in [6, 6.07) is 7.57. The lowest BCUT2D eigenvalue weighted by Crippen LogP contribution is -2.28. The molecule has 1 aliphatic carbocycles. The number of hydrogen-bond donors (Lipinski definition) is 1. The minimum Gasteiger partial charge on any atom is -0.272 e. The molecule has 0 aromatic heterocycles. The van der Waals surface area contributed by atoms with Crippen LogP contribution in [0.3, 0.4) is 0 Å². The smallest absolute Gasteiger partial charge is 0.253 e. The number of hydrazone groups is 1. The van der Waals surface area contributed by atoms with Gasteiger partial charge in [0, 0.05) is 15.6 Å². The van der Waals surface area contributed by atoms with Crippen molar-refractivity contribution in [3.8, 4) is 0 Å². The zero-order valence-corrected chi connectivity index (χ0v) is 17.4. The summed E-state index contributed by atoms with van der Waals surface area (Å²) in [6.45, 7) is 1.91. The van der Waals surface area contributed by atoms with Crippen LogP contribution in [0.25, 0.3) is 0 Å². The first-order chi connectivity index (χ1) is 12.6. The fourth-order valence-electron chi connectivity index (χ4n) is 3.13. The lowest BCUT2D eigenvalue weighted by atomic mass is 10.00. The maximum atomic E-state index is 12.4. The zero-order chi connectivity index (χ0) is 18.6. The first kappa shape index (κ1) is 21.3. The molecule has 0 heterocycles. The largest absolute Gasteiger partial charge is 0.272 e. The van der Waals surface area contributed by atoms with Gasteiger partial charge in [-0.25, -0.2) is 5.43 Å². The van der Waals surface area contributed by atoms with Gasteiger partial charge in [0.25, 0.3) is 5.91 Å². The number of thioether (sulfide) groups is 1. The van der Waals surface area contributed by atoms with Crippen molar-refractivity contribution in [3.05, 3.63) is 29.3 Å². The highest BCUT2D eigenvalue weighted by atomic mass is 35.5. The van der Waals surface area contributed by atoms with Gasteiger partial charge in [0.1, 0.15) is 0 Å². The molecule has 0 aliphatic heterocycles. The average molecular weight is 395 g/mol. The molecule has 3 nitrogen and oxygen atoms in total. The zero-order valence-electron chi connectivity index (χ0n) is 15.8. The summed E-state index contributed by atoms with van der Waals surface area (Å²) < 4.78 is 0. The fraction of sp³-hybridized carbons (Fsp3) is 0.619. The van der Waals surface area contributed by atoms with Crippen LogP contribution in [-0.4, -0.2) is 16.9 Å². The quantitative estimate of drug-likeness (QED) is 0.461. The van der Waals surface area contributed by atoms with E-state index < -0.39 is 0 Å². The molecule has 1 fully saturated rings. The Morgan fingerprint density at radius 3 is 2.00 bits per heavy atom. The molecular weight excluding hydrogens is 364 g/mol. The molecule has 144 valence electrons. The van der Waals surface area contributed by atoms with E-state index in [1.165, 1.54) is 69.5 Å².